The van der Waals surface area contributed by atoms with Gasteiger partial charge in [-0.2, -0.15) is 4.73 Å². The van der Waals surface area contributed by atoms with Crippen LogP contribution < -0.4 is 15.4 Å². The predicted octanol–water partition coefficient (Wildman–Crippen LogP) is 3.12. The number of nitrogens with one attached hydrogen (secondary N) is 2. The van der Waals surface area contributed by atoms with E-state index < -0.39 is 6.03 Å². The standard InChI is InChI=1S/C16H13N3O2/c20-16(17-13-7-2-1-3-8-13)18-14-10-12-6-4-5-9-15(12)19(21)11-14/h1-11H,(H2,17,18,20). The fraction of sp³-hybridized carbons (Fsp3) is 0. The largest absolute Gasteiger partial charge is 0.618 e. The Morgan fingerprint density at radius 2 is 1.57 bits per heavy atom. The average molecular weight is 279 g/mol. The SMILES string of the molecule is O=C(Nc1ccccc1)Nc1cc2ccccc2[n+]([O-])c1. The number of pyridine rings is 1. The lowest BCUT2D eigenvalue weighted by molar-refractivity contribution is -0.576. The quantitative estimate of drug-likeness (QED) is 0.559. The minimum Gasteiger partial charge on any atom is -0.618 e. The summed E-state index contributed by atoms with van der Waals surface area (Å²) in [6.45, 7) is 0. The topological polar surface area (TPSA) is 68.1 Å². The third kappa shape index (κ3) is 2.92. The van der Waals surface area contributed by atoms with E-state index in [0.717, 1.165) is 10.1 Å². The monoisotopic (exact) mass is 279 g/mol. The Kier molecular flexibility index (Phi) is 3.39. The van der Waals surface area contributed by atoms with Crippen LogP contribution in [-0.2, 0) is 0 Å². The number of nitrogens with zero attached hydrogens (tertiary/aromatic N) is 1. The van der Waals surface area contributed by atoms with Crippen molar-refractivity contribution >= 4 is 28.3 Å². The van der Waals surface area contributed by atoms with Crippen molar-refractivity contribution in [2.24, 2.45) is 0 Å². The first-order chi connectivity index (χ1) is 10.2. The van der Waals surface area contributed by atoms with E-state index in [1.165, 1.54) is 6.20 Å². The number of carbonyl (C=O) groups is 1. The highest BCUT2D eigenvalue weighted by atomic mass is 16.5. The Morgan fingerprint density at radius 3 is 2.38 bits per heavy atom. The number of urea groups is 1. The van der Waals surface area contributed by atoms with Crippen LogP contribution in [0.3, 0.4) is 0 Å². The molecule has 0 fully saturated rings. The van der Waals surface area contributed by atoms with Crippen molar-refractivity contribution in [3.8, 4) is 0 Å². The van der Waals surface area contributed by atoms with E-state index >= 15 is 0 Å². The molecule has 5 heteroatoms. The summed E-state index contributed by atoms with van der Waals surface area (Å²) in [5, 5.41) is 18.0. The zero-order valence-electron chi connectivity index (χ0n) is 11.1. The molecule has 0 atom stereocenters. The highest BCUT2D eigenvalue weighted by Gasteiger charge is 2.09. The van der Waals surface area contributed by atoms with Crippen LogP contribution >= 0.6 is 0 Å². The van der Waals surface area contributed by atoms with E-state index in [-0.39, 0.29) is 0 Å². The minimum atomic E-state index is -0.392. The van der Waals surface area contributed by atoms with Crippen molar-refractivity contribution in [3.63, 3.8) is 0 Å². The average Bonchev–Trinajstić information content (AvgIpc) is 2.48. The number of amides is 2. The molecule has 0 saturated carbocycles. The number of fused-ring (bicyclic) bond motifs is 1. The number of benzene rings is 2. The van der Waals surface area contributed by atoms with Gasteiger partial charge in [-0.1, -0.05) is 30.3 Å². The summed E-state index contributed by atoms with van der Waals surface area (Å²) in [6, 6.07) is 17.7. The summed E-state index contributed by atoms with van der Waals surface area (Å²) in [7, 11) is 0. The van der Waals surface area contributed by atoms with Gasteiger partial charge in [0, 0.05) is 17.1 Å². The lowest BCUT2D eigenvalue weighted by Gasteiger charge is -2.08. The second-order valence-electron chi connectivity index (χ2n) is 4.56. The highest BCUT2D eigenvalue weighted by Crippen LogP contribution is 2.15. The summed E-state index contributed by atoms with van der Waals surface area (Å²) < 4.78 is 0.744. The van der Waals surface area contributed by atoms with Crippen LogP contribution in [0.4, 0.5) is 16.2 Å². The van der Waals surface area contributed by atoms with Crippen LogP contribution in [0.2, 0.25) is 0 Å². The molecule has 104 valence electrons. The van der Waals surface area contributed by atoms with Crippen LogP contribution in [-0.4, -0.2) is 6.03 Å². The zero-order chi connectivity index (χ0) is 14.7. The second kappa shape index (κ2) is 5.50. The maximum Gasteiger partial charge on any atom is 0.323 e. The molecule has 3 rings (SSSR count). The first kappa shape index (κ1) is 12.9. The maximum absolute atomic E-state index is 11.9. The molecule has 0 aliphatic rings. The molecule has 2 N–H and O–H groups in total. The predicted molar refractivity (Wildman–Crippen MR) is 82.0 cm³/mol. The van der Waals surface area contributed by atoms with Gasteiger partial charge in [0.1, 0.15) is 5.69 Å². The number of carbonyl (C=O) groups excluding carboxylic acids is 1. The molecule has 5 nitrogen and oxygen atoms in total. The van der Waals surface area contributed by atoms with E-state index in [4.69, 9.17) is 0 Å². The first-order valence-corrected chi connectivity index (χ1v) is 6.47. The summed E-state index contributed by atoms with van der Waals surface area (Å²) in [6.07, 6.45) is 1.34. The summed E-state index contributed by atoms with van der Waals surface area (Å²) in [5.74, 6) is 0. The fourth-order valence-electron chi connectivity index (χ4n) is 2.09. The summed E-state index contributed by atoms with van der Waals surface area (Å²) in [5.41, 5.74) is 1.69. The molecule has 0 unspecified atom stereocenters. The van der Waals surface area contributed by atoms with Crippen molar-refractivity contribution in [2.75, 3.05) is 10.6 Å². The number of aromatic nitrogens is 1. The van der Waals surface area contributed by atoms with E-state index in [0.29, 0.717) is 16.9 Å². The third-order valence-electron chi connectivity index (χ3n) is 3.03. The van der Waals surface area contributed by atoms with E-state index in [1.807, 2.05) is 30.3 Å². The molecule has 0 aliphatic carbocycles. The molecule has 3 aromatic rings. The van der Waals surface area contributed by atoms with Gasteiger partial charge in [-0.25, -0.2) is 4.79 Å². The highest BCUT2D eigenvalue weighted by molar-refractivity contribution is 6.00. The molecule has 0 saturated heterocycles. The van der Waals surface area contributed by atoms with Crippen LogP contribution in [0.1, 0.15) is 0 Å². The van der Waals surface area contributed by atoms with Crippen molar-refractivity contribution in [1.29, 1.82) is 0 Å². The van der Waals surface area contributed by atoms with Crippen molar-refractivity contribution in [3.05, 3.63) is 72.1 Å². The van der Waals surface area contributed by atoms with Gasteiger partial charge in [-0.05, 0) is 24.3 Å². The third-order valence-corrected chi connectivity index (χ3v) is 3.03. The van der Waals surface area contributed by atoms with Gasteiger partial charge >= 0.3 is 6.03 Å². The molecule has 0 aliphatic heterocycles. The van der Waals surface area contributed by atoms with Crippen molar-refractivity contribution < 1.29 is 9.52 Å². The van der Waals surface area contributed by atoms with Gasteiger partial charge in [0.15, 0.2) is 0 Å². The number of hydrogen-bond donors (Lipinski definition) is 2. The lowest BCUT2D eigenvalue weighted by Crippen LogP contribution is -2.28. The smallest absolute Gasteiger partial charge is 0.323 e. The number of rotatable bonds is 2. The van der Waals surface area contributed by atoms with Crippen LogP contribution in [0, 0.1) is 5.21 Å². The summed E-state index contributed by atoms with van der Waals surface area (Å²) >= 11 is 0. The Morgan fingerprint density at radius 1 is 0.905 bits per heavy atom. The molecule has 21 heavy (non-hydrogen) atoms. The molecule has 0 radical (unpaired) electrons. The molecular weight excluding hydrogens is 266 g/mol. The van der Waals surface area contributed by atoms with Crippen LogP contribution in [0.5, 0.6) is 0 Å². The first-order valence-electron chi connectivity index (χ1n) is 6.47. The van der Waals surface area contributed by atoms with Crippen molar-refractivity contribution in [1.82, 2.24) is 0 Å². The van der Waals surface area contributed by atoms with E-state index in [1.54, 1.807) is 30.3 Å². The molecule has 2 amide bonds. The number of hydrogen-bond acceptors (Lipinski definition) is 2. The molecule has 1 heterocycles. The Bertz CT molecular complexity index is 788. The molecular formula is C16H13N3O2. The second-order valence-corrected chi connectivity index (χ2v) is 4.56. The molecule has 0 bridgehead atoms. The number of para-hydroxylation sites is 2. The lowest BCUT2D eigenvalue weighted by atomic mass is 10.2. The van der Waals surface area contributed by atoms with Gasteiger partial charge in [0.25, 0.3) is 0 Å². The Balaban J connectivity index is 1.80. The Labute approximate surface area is 121 Å². The fourth-order valence-corrected chi connectivity index (χ4v) is 2.09. The van der Waals surface area contributed by atoms with E-state index in [9.17, 15) is 10.0 Å². The molecule has 1 aromatic heterocycles. The molecule has 2 aromatic carbocycles. The normalized spacial score (nSPS) is 10.3. The van der Waals surface area contributed by atoms with Gasteiger partial charge in [-0.3, -0.25) is 0 Å². The van der Waals surface area contributed by atoms with Gasteiger partial charge in [-0.15, -0.1) is 0 Å². The van der Waals surface area contributed by atoms with Gasteiger partial charge in [0.05, 0.1) is 0 Å². The van der Waals surface area contributed by atoms with Crippen molar-refractivity contribution in [2.45, 2.75) is 0 Å². The van der Waals surface area contributed by atoms with Crippen LogP contribution in [0.25, 0.3) is 10.9 Å². The van der Waals surface area contributed by atoms with Gasteiger partial charge in [0.2, 0.25) is 11.7 Å². The summed E-state index contributed by atoms with van der Waals surface area (Å²) in [4.78, 5) is 11.9. The molecule has 0 spiro atoms. The van der Waals surface area contributed by atoms with Gasteiger partial charge < -0.3 is 15.8 Å². The van der Waals surface area contributed by atoms with Crippen LogP contribution in [0.15, 0.2) is 66.9 Å². The van der Waals surface area contributed by atoms with E-state index in [2.05, 4.69) is 10.6 Å². The maximum atomic E-state index is 11.9. The Hall–Kier alpha value is -3.08. The minimum absolute atomic E-state index is 0.392. The number of anilines is 2. The zero-order valence-corrected chi connectivity index (χ0v) is 11.1.